The van der Waals surface area contributed by atoms with Crippen molar-refractivity contribution < 1.29 is 4.39 Å². The predicted molar refractivity (Wildman–Crippen MR) is 79.2 cm³/mol. The number of nitrogens with zero attached hydrogens (tertiary/aromatic N) is 1. The Kier molecular flexibility index (Phi) is 4.88. The lowest BCUT2D eigenvalue weighted by Gasteiger charge is -2.30. The van der Waals surface area contributed by atoms with E-state index in [1.54, 1.807) is 6.07 Å². The molecule has 1 aromatic carbocycles. The number of anilines is 2. The Hall–Kier alpha value is -1.00. The van der Waals surface area contributed by atoms with Crippen molar-refractivity contribution in [2.45, 2.75) is 19.8 Å². The molecule has 0 bridgehead atoms. The van der Waals surface area contributed by atoms with Crippen LogP contribution in [0.3, 0.4) is 0 Å². The van der Waals surface area contributed by atoms with Gasteiger partial charge in [-0.25, -0.2) is 4.39 Å². The molecule has 1 saturated heterocycles. The summed E-state index contributed by atoms with van der Waals surface area (Å²) in [5, 5.41) is 3.32. The zero-order chi connectivity index (χ0) is 13.8. The maximum Gasteiger partial charge on any atom is 0.143 e. The Labute approximate surface area is 118 Å². The van der Waals surface area contributed by atoms with Gasteiger partial charge in [-0.3, -0.25) is 0 Å². The Bertz CT molecular complexity index is 431. The van der Waals surface area contributed by atoms with Crippen molar-refractivity contribution in [1.82, 2.24) is 4.90 Å². The van der Waals surface area contributed by atoms with Crippen LogP contribution in [0.1, 0.15) is 19.8 Å². The summed E-state index contributed by atoms with van der Waals surface area (Å²) in [6, 6.07) is 2.80. The highest BCUT2D eigenvalue weighted by molar-refractivity contribution is 6.31. The van der Waals surface area contributed by atoms with Gasteiger partial charge in [0.15, 0.2) is 0 Å². The van der Waals surface area contributed by atoms with E-state index in [1.165, 1.54) is 18.9 Å². The van der Waals surface area contributed by atoms with Crippen molar-refractivity contribution in [3.63, 3.8) is 0 Å². The zero-order valence-corrected chi connectivity index (χ0v) is 12.0. The van der Waals surface area contributed by atoms with Gasteiger partial charge in [0.2, 0.25) is 0 Å². The summed E-state index contributed by atoms with van der Waals surface area (Å²) in [6.07, 6.45) is 2.54. The lowest BCUT2D eigenvalue weighted by Crippen LogP contribution is -2.36. The average molecular weight is 286 g/mol. The number of rotatable bonds is 4. The molecule has 1 aromatic rings. The number of benzene rings is 1. The quantitative estimate of drug-likeness (QED) is 0.835. The number of hydrogen-bond donors (Lipinski definition) is 2. The molecule has 0 radical (unpaired) electrons. The second-order valence-electron chi connectivity index (χ2n) is 5.30. The van der Waals surface area contributed by atoms with E-state index in [0.717, 1.165) is 32.1 Å². The summed E-state index contributed by atoms with van der Waals surface area (Å²) in [7, 11) is 0. The van der Waals surface area contributed by atoms with Gasteiger partial charge in [-0.15, -0.1) is 0 Å². The van der Waals surface area contributed by atoms with Crippen molar-refractivity contribution >= 4 is 23.0 Å². The van der Waals surface area contributed by atoms with Crippen molar-refractivity contribution in [1.29, 1.82) is 0 Å². The highest BCUT2D eigenvalue weighted by Gasteiger charge is 2.15. The van der Waals surface area contributed by atoms with E-state index < -0.39 is 5.82 Å². The molecule has 0 saturated carbocycles. The molecule has 3 N–H and O–H groups in total. The second kappa shape index (κ2) is 6.44. The van der Waals surface area contributed by atoms with E-state index in [2.05, 4.69) is 17.1 Å². The highest BCUT2D eigenvalue weighted by atomic mass is 35.5. The van der Waals surface area contributed by atoms with Crippen LogP contribution in [-0.4, -0.2) is 31.1 Å². The molecular formula is C14H21ClFN3. The lowest BCUT2D eigenvalue weighted by atomic mass is 9.99. The number of nitrogen functional groups attached to an aromatic ring is 1. The van der Waals surface area contributed by atoms with Gasteiger partial charge >= 0.3 is 0 Å². The SMILES string of the molecule is CC1CCN(CCNc2cc(Cl)c(F)cc2N)CC1. The summed E-state index contributed by atoms with van der Waals surface area (Å²) in [4.78, 5) is 2.44. The fraction of sp³-hybridized carbons (Fsp3) is 0.571. The summed E-state index contributed by atoms with van der Waals surface area (Å²) >= 11 is 5.75. The first-order chi connectivity index (χ1) is 9.06. The summed E-state index contributed by atoms with van der Waals surface area (Å²) in [5.74, 6) is 0.366. The van der Waals surface area contributed by atoms with Crippen molar-refractivity contribution in [3.05, 3.63) is 23.0 Å². The molecular weight excluding hydrogens is 265 g/mol. The molecule has 19 heavy (non-hydrogen) atoms. The van der Waals surface area contributed by atoms with Crippen LogP contribution in [-0.2, 0) is 0 Å². The molecule has 0 atom stereocenters. The number of halogens is 2. The summed E-state index contributed by atoms with van der Waals surface area (Å²) in [5.41, 5.74) is 6.86. The number of likely N-dealkylation sites (tertiary alicyclic amines) is 1. The van der Waals surface area contributed by atoms with Crippen LogP contribution in [0.5, 0.6) is 0 Å². The van der Waals surface area contributed by atoms with Gasteiger partial charge in [0.1, 0.15) is 5.82 Å². The Morgan fingerprint density at radius 1 is 1.42 bits per heavy atom. The molecule has 2 rings (SSSR count). The fourth-order valence-corrected chi connectivity index (χ4v) is 2.51. The van der Waals surface area contributed by atoms with Gasteiger partial charge in [0.25, 0.3) is 0 Å². The first-order valence-electron chi connectivity index (χ1n) is 6.77. The first kappa shape index (κ1) is 14.4. The van der Waals surface area contributed by atoms with Gasteiger partial charge in [-0.05, 0) is 37.9 Å². The van der Waals surface area contributed by atoms with Gasteiger partial charge in [0, 0.05) is 19.2 Å². The molecule has 0 spiro atoms. The van der Waals surface area contributed by atoms with Crippen LogP contribution < -0.4 is 11.1 Å². The van der Waals surface area contributed by atoms with Crippen LogP contribution >= 0.6 is 11.6 Å². The maximum absolute atomic E-state index is 13.2. The smallest absolute Gasteiger partial charge is 0.143 e. The standard InChI is InChI=1S/C14H21ClFN3/c1-10-2-5-19(6-3-10)7-4-18-14-8-11(15)12(16)9-13(14)17/h8-10,18H,2-7,17H2,1H3. The Morgan fingerprint density at radius 3 is 2.79 bits per heavy atom. The number of nitrogens with two attached hydrogens (primary N) is 1. The zero-order valence-electron chi connectivity index (χ0n) is 11.3. The van der Waals surface area contributed by atoms with E-state index in [9.17, 15) is 4.39 Å². The van der Waals surface area contributed by atoms with Gasteiger partial charge in [-0.2, -0.15) is 0 Å². The van der Waals surface area contributed by atoms with E-state index in [4.69, 9.17) is 17.3 Å². The third-order valence-electron chi connectivity index (χ3n) is 3.71. The fourth-order valence-electron chi connectivity index (χ4n) is 2.35. The minimum Gasteiger partial charge on any atom is -0.397 e. The van der Waals surface area contributed by atoms with Crippen molar-refractivity contribution in [3.8, 4) is 0 Å². The van der Waals surface area contributed by atoms with E-state index in [-0.39, 0.29) is 5.02 Å². The topological polar surface area (TPSA) is 41.3 Å². The highest BCUT2D eigenvalue weighted by Crippen LogP contribution is 2.26. The van der Waals surface area contributed by atoms with Crippen LogP contribution in [0.15, 0.2) is 12.1 Å². The molecule has 1 aliphatic heterocycles. The van der Waals surface area contributed by atoms with Crippen LogP contribution in [0, 0.1) is 11.7 Å². The average Bonchev–Trinajstić information content (AvgIpc) is 2.38. The Morgan fingerprint density at radius 2 is 2.11 bits per heavy atom. The minimum atomic E-state index is -0.477. The van der Waals surface area contributed by atoms with Crippen molar-refractivity contribution in [2.24, 2.45) is 5.92 Å². The third-order valence-corrected chi connectivity index (χ3v) is 4.00. The molecule has 0 aliphatic carbocycles. The van der Waals surface area contributed by atoms with Gasteiger partial charge < -0.3 is 16.0 Å². The van der Waals surface area contributed by atoms with E-state index in [0.29, 0.717) is 11.4 Å². The van der Waals surface area contributed by atoms with Crippen LogP contribution in [0.25, 0.3) is 0 Å². The predicted octanol–water partition coefficient (Wildman–Crippen LogP) is 3.21. The van der Waals surface area contributed by atoms with Crippen LogP contribution in [0.2, 0.25) is 5.02 Å². The minimum absolute atomic E-state index is 0.100. The molecule has 106 valence electrons. The molecule has 3 nitrogen and oxygen atoms in total. The Balaban J connectivity index is 1.81. The monoisotopic (exact) mass is 285 g/mol. The van der Waals surface area contributed by atoms with Crippen molar-refractivity contribution in [2.75, 3.05) is 37.2 Å². The third kappa shape index (κ3) is 3.98. The molecule has 1 fully saturated rings. The van der Waals surface area contributed by atoms with Crippen LogP contribution in [0.4, 0.5) is 15.8 Å². The molecule has 0 aromatic heterocycles. The molecule has 1 heterocycles. The number of nitrogens with one attached hydrogen (secondary N) is 1. The summed E-state index contributed by atoms with van der Waals surface area (Å²) in [6.45, 7) is 6.38. The largest absolute Gasteiger partial charge is 0.397 e. The van der Waals surface area contributed by atoms with Gasteiger partial charge in [-0.1, -0.05) is 18.5 Å². The molecule has 0 unspecified atom stereocenters. The molecule has 5 heteroatoms. The first-order valence-corrected chi connectivity index (χ1v) is 7.15. The maximum atomic E-state index is 13.2. The number of hydrogen-bond acceptors (Lipinski definition) is 3. The second-order valence-corrected chi connectivity index (χ2v) is 5.71. The number of piperidine rings is 1. The van der Waals surface area contributed by atoms with E-state index >= 15 is 0 Å². The molecule has 1 aliphatic rings. The van der Waals surface area contributed by atoms with Gasteiger partial charge in [0.05, 0.1) is 16.4 Å². The van der Waals surface area contributed by atoms with E-state index in [1.807, 2.05) is 0 Å². The normalized spacial score (nSPS) is 17.6. The lowest BCUT2D eigenvalue weighted by molar-refractivity contribution is 0.199. The molecule has 0 amide bonds. The summed E-state index contributed by atoms with van der Waals surface area (Å²) < 4.78 is 13.2.